The second-order valence-corrected chi connectivity index (χ2v) is 4.71. The van der Waals surface area contributed by atoms with Gasteiger partial charge < -0.3 is 0 Å². The summed E-state index contributed by atoms with van der Waals surface area (Å²) in [6.45, 7) is 0. The van der Waals surface area contributed by atoms with E-state index >= 15 is 0 Å². The molecule has 1 heterocycles. The van der Waals surface area contributed by atoms with E-state index in [9.17, 15) is 0 Å². The van der Waals surface area contributed by atoms with Gasteiger partial charge in [-0.2, -0.15) is 5.26 Å². The van der Waals surface area contributed by atoms with Gasteiger partial charge in [0.25, 0.3) is 0 Å². The summed E-state index contributed by atoms with van der Waals surface area (Å²) in [7, 11) is 0. The summed E-state index contributed by atoms with van der Waals surface area (Å²) in [5, 5.41) is 11.9. The molecule has 2 nitrogen and oxygen atoms in total. The maximum Gasteiger partial charge on any atom is 0.0959 e. The highest BCUT2D eigenvalue weighted by Crippen LogP contribution is 2.35. The van der Waals surface area contributed by atoms with Crippen molar-refractivity contribution in [2.24, 2.45) is 0 Å². The van der Waals surface area contributed by atoms with Crippen LogP contribution in [0.15, 0.2) is 5.38 Å². The number of nitrogens with zero attached hydrogens (tertiary/aromatic N) is 2. The van der Waals surface area contributed by atoms with E-state index in [1.165, 1.54) is 30.7 Å². The summed E-state index contributed by atoms with van der Waals surface area (Å²) in [5.41, 5.74) is 1.11. The van der Waals surface area contributed by atoms with Crippen LogP contribution in [-0.4, -0.2) is 4.98 Å². The monoisotopic (exact) mass is 206 g/mol. The summed E-state index contributed by atoms with van der Waals surface area (Å²) < 4.78 is 0. The van der Waals surface area contributed by atoms with E-state index in [0.717, 1.165) is 18.0 Å². The molecule has 0 aliphatic heterocycles. The fourth-order valence-corrected chi connectivity index (χ4v) is 3.01. The van der Waals surface area contributed by atoms with E-state index in [1.807, 2.05) is 0 Å². The summed E-state index contributed by atoms with van der Waals surface area (Å²) in [5.74, 6) is 0.718. The van der Waals surface area contributed by atoms with E-state index < -0.39 is 0 Å². The molecule has 0 bridgehead atoms. The summed E-state index contributed by atoms with van der Waals surface area (Å²) in [4.78, 5) is 4.60. The third-order valence-electron chi connectivity index (χ3n) is 2.77. The van der Waals surface area contributed by atoms with Crippen molar-refractivity contribution in [2.45, 2.75) is 44.4 Å². The summed E-state index contributed by atoms with van der Waals surface area (Å²) in [6, 6.07) is 2.16. The number of thiazole rings is 1. The molecule has 14 heavy (non-hydrogen) atoms. The van der Waals surface area contributed by atoms with Crippen molar-refractivity contribution in [3.05, 3.63) is 16.1 Å². The van der Waals surface area contributed by atoms with Crippen molar-refractivity contribution in [3.8, 4) is 6.07 Å². The quantitative estimate of drug-likeness (QED) is 0.761. The fraction of sp³-hybridized carbons (Fsp3) is 0.636. The zero-order chi connectivity index (χ0) is 9.80. The van der Waals surface area contributed by atoms with Gasteiger partial charge >= 0.3 is 0 Å². The van der Waals surface area contributed by atoms with Gasteiger partial charge in [0.05, 0.1) is 16.8 Å². The standard InChI is InChI=1S/C11H14N2S/c12-7-3-6-10-8-14-11(13-10)9-4-1-2-5-9/h8-9H,1-6H2. The molecule has 1 saturated carbocycles. The minimum atomic E-state index is 0.591. The average Bonchev–Trinajstić information content (AvgIpc) is 2.85. The molecule has 0 saturated heterocycles. The van der Waals surface area contributed by atoms with E-state index in [1.54, 1.807) is 11.3 Å². The molecule has 0 amide bonds. The lowest BCUT2D eigenvalue weighted by atomic mass is 10.1. The van der Waals surface area contributed by atoms with Crippen LogP contribution >= 0.6 is 11.3 Å². The minimum absolute atomic E-state index is 0.591. The van der Waals surface area contributed by atoms with E-state index in [0.29, 0.717) is 6.42 Å². The van der Waals surface area contributed by atoms with Gasteiger partial charge in [0, 0.05) is 24.1 Å². The topological polar surface area (TPSA) is 36.7 Å². The van der Waals surface area contributed by atoms with Gasteiger partial charge in [-0.1, -0.05) is 12.8 Å². The lowest BCUT2D eigenvalue weighted by Crippen LogP contribution is -1.92. The van der Waals surface area contributed by atoms with Gasteiger partial charge in [-0.3, -0.25) is 0 Å². The third-order valence-corrected chi connectivity index (χ3v) is 3.82. The maximum atomic E-state index is 8.47. The average molecular weight is 206 g/mol. The minimum Gasteiger partial charge on any atom is -0.246 e. The molecule has 0 unspecified atom stereocenters. The molecule has 0 spiro atoms. The first kappa shape index (κ1) is 9.67. The van der Waals surface area contributed by atoms with Crippen LogP contribution in [0.25, 0.3) is 0 Å². The Morgan fingerprint density at radius 1 is 1.50 bits per heavy atom. The van der Waals surface area contributed by atoms with Crippen LogP contribution in [-0.2, 0) is 6.42 Å². The van der Waals surface area contributed by atoms with Crippen LogP contribution in [0, 0.1) is 11.3 Å². The molecular formula is C11H14N2S. The molecule has 1 aliphatic rings. The normalized spacial score (nSPS) is 17.1. The molecule has 0 aromatic carbocycles. The molecule has 74 valence electrons. The molecule has 3 heteroatoms. The SMILES string of the molecule is N#CCCc1csc(C2CCCC2)n1. The van der Waals surface area contributed by atoms with Gasteiger partial charge in [0.15, 0.2) is 0 Å². The lowest BCUT2D eigenvalue weighted by Gasteiger charge is -2.02. The predicted molar refractivity (Wildman–Crippen MR) is 57.3 cm³/mol. The van der Waals surface area contributed by atoms with Crippen molar-refractivity contribution in [1.29, 1.82) is 5.26 Å². The van der Waals surface area contributed by atoms with Gasteiger partial charge in [-0.25, -0.2) is 4.98 Å². The fourth-order valence-electron chi connectivity index (χ4n) is 1.98. The number of aromatic nitrogens is 1. The van der Waals surface area contributed by atoms with Gasteiger partial charge in [0.2, 0.25) is 0 Å². The number of aryl methyl sites for hydroxylation is 1. The summed E-state index contributed by atoms with van der Waals surface area (Å²) >= 11 is 1.78. The second kappa shape index (κ2) is 4.56. The highest BCUT2D eigenvalue weighted by atomic mass is 32.1. The second-order valence-electron chi connectivity index (χ2n) is 3.82. The van der Waals surface area contributed by atoms with Crippen molar-refractivity contribution < 1.29 is 0 Å². The van der Waals surface area contributed by atoms with Gasteiger partial charge in [-0.15, -0.1) is 11.3 Å². The van der Waals surface area contributed by atoms with E-state index in [4.69, 9.17) is 5.26 Å². The van der Waals surface area contributed by atoms with Crippen LogP contribution in [0.4, 0.5) is 0 Å². The van der Waals surface area contributed by atoms with Gasteiger partial charge in [0.1, 0.15) is 0 Å². The van der Waals surface area contributed by atoms with Crippen LogP contribution in [0.3, 0.4) is 0 Å². The highest BCUT2D eigenvalue weighted by Gasteiger charge is 2.19. The van der Waals surface area contributed by atoms with E-state index in [-0.39, 0.29) is 0 Å². The van der Waals surface area contributed by atoms with Crippen molar-refractivity contribution in [2.75, 3.05) is 0 Å². The molecule has 1 aromatic heterocycles. The van der Waals surface area contributed by atoms with E-state index in [2.05, 4.69) is 16.4 Å². The highest BCUT2D eigenvalue weighted by molar-refractivity contribution is 7.09. The first-order chi connectivity index (χ1) is 6.90. The third kappa shape index (κ3) is 2.13. The summed E-state index contributed by atoms with van der Waals surface area (Å²) in [6.07, 6.45) is 6.75. The molecule has 0 N–H and O–H groups in total. The first-order valence-electron chi connectivity index (χ1n) is 5.21. The van der Waals surface area contributed by atoms with Crippen molar-refractivity contribution in [1.82, 2.24) is 4.98 Å². The largest absolute Gasteiger partial charge is 0.246 e. The van der Waals surface area contributed by atoms with Crippen LogP contribution < -0.4 is 0 Å². The molecule has 1 fully saturated rings. The Morgan fingerprint density at radius 2 is 2.29 bits per heavy atom. The number of hydrogen-bond donors (Lipinski definition) is 0. The predicted octanol–water partition coefficient (Wildman–Crippen LogP) is 3.26. The molecular weight excluding hydrogens is 192 g/mol. The lowest BCUT2D eigenvalue weighted by molar-refractivity contribution is 0.711. The molecule has 0 radical (unpaired) electrons. The first-order valence-corrected chi connectivity index (χ1v) is 6.09. The Bertz CT molecular complexity index is 331. The number of rotatable bonds is 3. The van der Waals surface area contributed by atoms with Crippen LogP contribution in [0.1, 0.15) is 48.7 Å². The molecule has 0 atom stereocenters. The number of nitriles is 1. The molecule has 1 aromatic rings. The molecule has 2 rings (SSSR count). The Morgan fingerprint density at radius 3 is 3.00 bits per heavy atom. The smallest absolute Gasteiger partial charge is 0.0959 e. The van der Waals surface area contributed by atoms with Gasteiger partial charge in [-0.05, 0) is 12.8 Å². The molecule has 1 aliphatic carbocycles. The Balaban J connectivity index is 1.98. The maximum absolute atomic E-state index is 8.47. The van der Waals surface area contributed by atoms with Crippen molar-refractivity contribution >= 4 is 11.3 Å². The van der Waals surface area contributed by atoms with Crippen LogP contribution in [0.2, 0.25) is 0 Å². The zero-order valence-electron chi connectivity index (χ0n) is 8.20. The zero-order valence-corrected chi connectivity index (χ0v) is 9.02. The Hall–Kier alpha value is -0.880. The number of hydrogen-bond acceptors (Lipinski definition) is 3. The Labute approximate surface area is 88.6 Å². The van der Waals surface area contributed by atoms with Crippen LogP contribution in [0.5, 0.6) is 0 Å². The van der Waals surface area contributed by atoms with Crippen molar-refractivity contribution in [3.63, 3.8) is 0 Å². The Kier molecular flexibility index (Phi) is 3.15.